The molecule has 7 heteroatoms. The van der Waals surface area contributed by atoms with Crippen LogP contribution in [0.3, 0.4) is 0 Å². The van der Waals surface area contributed by atoms with E-state index >= 15 is 0 Å². The van der Waals surface area contributed by atoms with E-state index in [0.29, 0.717) is 19.5 Å². The van der Waals surface area contributed by atoms with Gasteiger partial charge in [-0.15, -0.1) is 0 Å². The van der Waals surface area contributed by atoms with E-state index in [2.05, 4.69) is 0 Å². The van der Waals surface area contributed by atoms with E-state index < -0.39 is 22.4 Å². The van der Waals surface area contributed by atoms with E-state index in [0.717, 1.165) is 9.87 Å². The zero-order valence-electron chi connectivity index (χ0n) is 11.0. The van der Waals surface area contributed by atoms with Crippen LogP contribution in [0, 0.1) is 0 Å². The van der Waals surface area contributed by atoms with Crippen molar-refractivity contribution >= 4 is 10.2 Å². The Balaban J connectivity index is 1.80. The third-order valence-corrected chi connectivity index (χ3v) is 5.89. The highest BCUT2D eigenvalue weighted by Crippen LogP contribution is 2.24. The van der Waals surface area contributed by atoms with E-state index in [9.17, 15) is 18.6 Å². The van der Waals surface area contributed by atoms with Crippen LogP contribution in [-0.2, 0) is 23.2 Å². The van der Waals surface area contributed by atoms with Crippen LogP contribution < -0.4 is 0 Å². The minimum Gasteiger partial charge on any atom is -0.389 e. The highest BCUT2D eigenvalue weighted by Gasteiger charge is 2.40. The molecule has 2 N–H and O–H groups in total. The van der Waals surface area contributed by atoms with E-state index in [-0.39, 0.29) is 13.1 Å². The molecule has 3 rings (SSSR count). The maximum Gasteiger partial charge on any atom is 0.282 e. The van der Waals surface area contributed by atoms with Crippen molar-refractivity contribution in [3.8, 4) is 0 Å². The van der Waals surface area contributed by atoms with Gasteiger partial charge in [0.15, 0.2) is 0 Å². The van der Waals surface area contributed by atoms with Crippen LogP contribution >= 0.6 is 0 Å². The van der Waals surface area contributed by atoms with Crippen molar-refractivity contribution in [3.63, 3.8) is 0 Å². The average Bonchev–Trinajstić information content (AvgIpc) is 2.79. The van der Waals surface area contributed by atoms with E-state index in [1.54, 1.807) is 0 Å². The van der Waals surface area contributed by atoms with Gasteiger partial charge in [0, 0.05) is 26.2 Å². The summed E-state index contributed by atoms with van der Waals surface area (Å²) in [5.74, 6) is 0. The molecule has 0 radical (unpaired) electrons. The van der Waals surface area contributed by atoms with Crippen molar-refractivity contribution in [1.82, 2.24) is 8.61 Å². The lowest BCUT2D eigenvalue weighted by Gasteiger charge is -2.31. The lowest BCUT2D eigenvalue weighted by atomic mass is 10.0. The van der Waals surface area contributed by atoms with Gasteiger partial charge in [-0.05, 0) is 17.5 Å². The van der Waals surface area contributed by atoms with E-state index in [1.807, 2.05) is 24.3 Å². The molecule has 0 spiro atoms. The van der Waals surface area contributed by atoms with Crippen molar-refractivity contribution in [2.45, 2.75) is 25.2 Å². The second-order valence-electron chi connectivity index (χ2n) is 5.31. The van der Waals surface area contributed by atoms with Crippen LogP contribution in [-0.4, -0.2) is 59.1 Å². The molecule has 1 saturated heterocycles. The van der Waals surface area contributed by atoms with Gasteiger partial charge in [0.25, 0.3) is 10.2 Å². The molecule has 2 aliphatic heterocycles. The number of β-amino-alcohol motifs (C(OH)–C–C–N with tert-alkyl or cyclic N) is 2. The summed E-state index contributed by atoms with van der Waals surface area (Å²) in [7, 11) is -3.62. The van der Waals surface area contributed by atoms with Crippen LogP contribution in [0.4, 0.5) is 0 Å². The third kappa shape index (κ3) is 2.36. The van der Waals surface area contributed by atoms with Gasteiger partial charge in [-0.1, -0.05) is 24.3 Å². The van der Waals surface area contributed by atoms with Crippen LogP contribution in [0.5, 0.6) is 0 Å². The normalized spacial score (nSPS) is 28.5. The average molecular weight is 298 g/mol. The number of hydrogen-bond acceptors (Lipinski definition) is 4. The second-order valence-corrected chi connectivity index (χ2v) is 7.24. The Bertz CT molecular complexity index is 594. The molecule has 0 bridgehead atoms. The van der Waals surface area contributed by atoms with Gasteiger partial charge in [0.1, 0.15) is 0 Å². The van der Waals surface area contributed by atoms with Crippen molar-refractivity contribution in [2.24, 2.45) is 0 Å². The third-order valence-electron chi connectivity index (χ3n) is 3.97. The number of benzene rings is 1. The second kappa shape index (κ2) is 5.09. The van der Waals surface area contributed by atoms with Crippen LogP contribution in [0.1, 0.15) is 11.1 Å². The standard InChI is InChI=1S/C13H18N2O4S/c16-12-8-15(9-13(12)17)20(18,19)14-6-5-10-3-1-2-4-11(10)7-14/h1-4,12-13,16-17H,5-9H2/t12-,13+. The predicted octanol–water partition coefficient (Wildman–Crippen LogP) is -0.673. The number of aliphatic hydroxyl groups is 2. The molecule has 110 valence electrons. The molecule has 20 heavy (non-hydrogen) atoms. The van der Waals surface area contributed by atoms with Gasteiger partial charge in [0.2, 0.25) is 0 Å². The van der Waals surface area contributed by atoms with Crippen LogP contribution in [0.15, 0.2) is 24.3 Å². The van der Waals surface area contributed by atoms with E-state index in [1.165, 1.54) is 9.87 Å². The summed E-state index contributed by atoms with van der Waals surface area (Å²) in [5, 5.41) is 19.0. The monoisotopic (exact) mass is 298 g/mol. The Kier molecular flexibility index (Phi) is 3.55. The first kappa shape index (κ1) is 14.0. The molecule has 2 aliphatic rings. The summed E-state index contributed by atoms with van der Waals surface area (Å²) in [6.07, 6.45) is -1.31. The quantitative estimate of drug-likeness (QED) is 0.758. The Hall–Kier alpha value is -0.990. The van der Waals surface area contributed by atoms with Crippen molar-refractivity contribution in [1.29, 1.82) is 0 Å². The number of rotatable bonds is 2. The molecule has 2 atom stereocenters. The maximum absolute atomic E-state index is 12.5. The fourth-order valence-corrected chi connectivity index (χ4v) is 4.39. The minimum atomic E-state index is -3.62. The lowest BCUT2D eigenvalue weighted by molar-refractivity contribution is 0.0572. The van der Waals surface area contributed by atoms with Gasteiger partial charge < -0.3 is 10.2 Å². The summed E-state index contributed by atoms with van der Waals surface area (Å²) < 4.78 is 27.6. The molecule has 0 unspecified atom stereocenters. The van der Waals surface area contributed by atoms with Gasteiger partial charge in [-0.3, -0.25) is 0 Å². The molecule has 6 nitrogen and oxygen atoms in total. The Morgan fingerprint density at radius 3 is 2.25 bits per heavy atom. The molecule has 1 aromatic rings. The molecule has 0 amide bonds. The summed E-state index contributed by atoms with van der Waals surface area (Å²) in [6.45, 7) is 0.701. The Morgan fingerprint density at radius 2 is 1.60 bits per heavy atom. The lowest BCUT2D eigenvalue weighted by Crippen LogP contribution is -2.45. The largest absolute Gasteiger partial charge is 0.389 e. The number of aliphatic hydroxyl groups excluding tert-OH is 2. The van der Waals surface area contributed by atoms with Gasteiger partial charge in [-0.25, -0.2) is 0 Å². The van der Waals surface area contributed by atoms with Gasteiger partial charge in [0.05, 0.1) is 12.2 Å². The van der Waals surface area contributed by atoms with Crippen molar-refractivity contribution in [2.75, 3.05) is 19.6 Å². The van der Waals surface area contributed by atoms with E-state index in [4.69, 9.17) is 0 Å². The fourth-order valence-electron chi connectivity index (χ4n) is 2.75. The molecule has 0 saturated carbocycles. The molecule has 1 aromatic carbocycles. The first-order valence-electron chi connectivity index (χ1n) is 6.66. The fraction of sp³-hybridized carbons (Fsp3) is 0.538. The summed E-state index contributed by atoms with van der Waals surface area (Å²) in [6, 6.07) is 7.81. The minimum absolute atomic E-state index is 0.0400. The van der Waals surface area contributed by atoms with Crippen molar-refractivity contribution < 1.29 is 18.6 Å². The summed E-state index contributed by atoms with van der Waals surface area (Å²) in [4.78, 5) is 0. The summed E-state index contributed by atoms with van der Waals surface area (Å²) >= 11 is 0. The topological polar surface area (TPSA) is 81.1 Å². The molecular formula is C13H18N2O4S. The molecule has 0 aliphatic carbocycles. The first-order chi connectivity index (χ1) is 9.48. The zero-order chi connectivity index (χ0) is 14.3. The number of nitrogens with zero attached hydrogens (tertiary/aromatic N) is 2. The SMILES string of the molecule is O=S(=O)(N1CCc2ccccc2C1)N1C[C@@H](O)[C@@H](O)C1. The Morgan fingerprint density at radius 1 is 1.00 bits per heavy atom. The highest BCUT2D eigenvalue weighted by molar-refractivity contribution is 7.86. The smallest absolute Gasteiger partial charge is 0.282 e. The number of hydrogen-bond donors (Lipinski definition) is 2. The Labute approximate surface area is 118 Å². The van der Waals surface area contributed by atoms with Crippen LogP contribution in [0.2, 0.25) is 0 Å². The molecule has 1 fully saturated rings. The van der Waals surface area contributed by atoms with Gasteiger partial charge >= 0.3 is 0 Å². The van der Waals surface area contributed by atoms with Crippen LogP contribution in [0.25, 0.3) is 0 Å². The highest BCUT2D eigenvalue weighted by atomic mass is 32.2. The van der Waals surface area contributed by atoms with Crippen molar-refractivity contribution in [3.05, 3.63) is 35.4 Å². The number of fused-ring (bicyclic) bond motifs is 1. The zero-order valence-corrected chi connectivity index (χ0v) is 11.8. The molecule has 0 aromatic heterocycles. The summed E-state index contributed by atoms with van der Waals surface area (Å²) in [5.41, 5.74) is 2.20. The molecular weight excluding hydrogens is 280 g/mol. The maximum atomic E-state index is 12.5. The molecule has 2 heterocycles. The first-order valence-corrected chi connectivity index (χ1v) is 8.06. The predicted molar refractivity (Wildman–Crippen MR) is 73.1 cm³/mol. The van der Waals surface area contributed by atoms with Gasteiger partial charge in [-0.2, -0.15) is 17.0 Å².